The van der Waals surface area contributed by atoms with Crippen molar-refractivity contribution in [1.29, 1.82) is 0 Å². The molecule has 4 heteroatoms. The molecule has 20 heavy (non-hydrogen) atoms. The summed E-state index contributed by atoms with van der Waals surface area (Å²) in [5.74, 6) is 0.860. The lowest BCUT2D eigenvalue weighted by atomic mass is 10.1. The average Bonchev–Trinajstić information content (AvgIpc) is 2.89. The van der Waals surface area contributed by atoms with Crippen LogP contribution >= 0.6 is 0 Å². The van der Waals surface area contributed by atoms with Crippen molar-refractivity contribution >= 4 is 5.91 Å². The third-order valence-corrected chi connectivity index (χ3v) is 3.05. The highest BCUT2D eigenvalue weighted by molar-refractivity contribution is 5.91. The molecule has 0 bridgehead atoms. The largest absolute Gasteiger partial charge is 0.453 e. The second-order valence-electron chi connectivity index (χ2n) is 4.85. The van der Waals surface area contributed by atoms with Gasteiger partial charge in [0.25, 0.3) is 5.91 Å². The molecule has 2 rings (SSSR count). The normalized spacial score (nSPS) is 10.6. The molecule has 0 spiro atoms. The first-order valence-corrected chi connectivity index (χ1v) is 6.49. The highest BCUT2D eigenvalue weighted by atomic mass is 16.5. The zero-order valence-electron chi connectivity index (χ0n) is 12.1. The molecule has 0 aliphatic rings. The Hall–Kier alpha value is -2.07. The van der Waals surface area contributed by atoms with Crippen molar-refractivity contribution in [2.24, 2.45) is 0 Å². The molecule has 1 aromatic carbocycles. The Morgan fingerprint density at radius 2 is 1.90 bits per heavy atom. The summed E-state index contributed by atoms with van der Waals surface area (Å²) in [5.41, 5.74) is 2.30. The number of furan rings is 1. The Labute approximate surface area is 119 Å². The number of hydrogen-bond acceptors (Lipinski definition) is 3. The third-order valence-electron chi connectivity index (χ3n) is 3.05. The molecular weight excluding hydrogens is 254 g/mol. The minimum Gasteiger partial charge on any atom is -0.453 e. The Morgan fingerprint density at radius 1 is 1.20 bits per heavy atom. The summed E-state index contributed by atoms with van der Waals surface area (Å²) in [4.78, 5) is 13.9. The molecule has 0 aliphatic carbocycles. The van der Waals surface area contributed by atoms with Gasteiger partial charge >= 0.3 is 0 Å². The van der Waals surface area contributed by atoms with Gasteiger partial charge in [0.1, 0.15) is 12.4 Å². The molecule has 0 radical (unpaired) electrons. The number of aryl methyl sites for hydroxylation is 1. The molecule has 0 unspecified atom stereocenters. The van der Waals surface area contributed by atoms with E-state index in [4.69, 9.17) is 9.15 Å². The van der Waals surface area contributed by atoms with Crippen molar-refractivity contribution in [2.75, 3.05) is 14.2 Å². The molecule has 0 N–H and O–H groups in total. The summed E-state index contributed by atoms with van der Waals surface area (Å²) >= 11 is 0. The molecular formula is C16H19NO3. The van der Waals surface area contributed by atoms with Gasteiger partial charge in [-0.15, -0.1) is 0 Å². The molecule has 0 saturated heterocycles. The Kier molecular flexibility index (Phi) is 4.58. The average molecular weight is 273 g/mol. The molecule has 2 aromatic rings. The van der Waals surface area contributed by atoms with Crippen LogP contribution in [0, 0.1) is 6.92 Å². The van der Waals surface area contributed by atoms with Crippen molar-refractivity contribution < 1.29 is 13.9 Å². The number of carbonyl (C=O) groups is 1. The SMILES string of the molecule is COCc1ccc(C(=O)N(C)Cc2ccc(C)cc2)o1. The van der Waals surface area contributed by atoms with Gasteiger partial charge in [-0.05, 0) is 24.6 Å². The van der Waals surface area contributed by atoms with Gasteiger partial charge in [-0.2, -0.15) is 0 Å². The first kappa shape index (κ1) is 14.3. The maximum Gasteiger partial charge on any atom is 0.289 e. The molecule has 0 saturated carbocycles. The van der Waals surface area contributed by atoms with E-state index in [1.165, 1.54) is 5.56 Å². The first-order valence-electron chi connectivity index (χ1n) is 6.49. The number of carbonyl (C=O) groups excluding carboxylic acids is 1. The number of hydrogen-bond donors (Lipinski definition) is 0. The Morgan fingerprint density at radius 3 is 2.55 bits per heavy atom. The van der Waals surface area contributed by atoms with Crippen LogP contribution in [0.3, 0.4) is 0 Å². The van der Waals surface area contributed by atoms with E-state index < -0.39 is 0 Å². The minimum atomic E-state index is -0.132. The van der Waals surface area contributed by atoms with Crippen LogP contribution < -0.4 is 0 Å². The van der Waals surface area contributed by atoms with E-state index in [2.05, 4.69) is 0 Å². The van der Waals surface area contributed by atoms with Crippen LogP contribution in [0.4, 0.5) is 0 Å². The summed E-state index contributed by atoms with van der Waals surface area (Å²) < 4.78 is 10.4. The van der Waals surface area contributed by atoms with E-state index in [1.54, 1.807) is 31.2 Å². The number of ether oxygens (including phenoxy) is 1. The van der Waals surface area contributed by atoms with Gasteiger partial charge in [0.2, 0.25) is 0 Å². The van der Waals surface area contributed by atoms with Crippen molar-refractivity contribution in [3.05, 3.63) is 59.0 Å². The van der Waals surface area contributed by atoms with Crippen molar-refractivity contribution in [1.82, 2.24) is 4.90 Å². The Bertz CT molecular complexity index is 572. The smallest absolute Gasteiger partial charge is 0.289 e. The van der Waals surface area contributed by atoms with Crippen LogP contribution in [-0.2, 0) is 17.9 Å². The molecule has 1 amide bonds. The van der Waals surface area contributed by atoms with Gasteiger partial charge < -0.3 is 14.1 Å². The quantitative estimate of drug-likeness (QED) is 0.841. The lowest BCUT2D eigenvalue weighted by Crippen LogP contribution is -2.25. The van der Waals surface area contributed by atoms with E-state index in [0.29, 0.717) is 24.7 Å². The van der Waals surface area contributed by atoms with Crippen molar-refractivity contribution in [2.45, 2.75) is 20.1 Å². The zero-order valence-corrected chi connectivity index (χ0v) is 12.1. The van der Waals surface area contributed by atoms with Gasteiger partial charge in [-0.25, -0.2) is 0 Å². The minimum absolute atomic E-state index is 0.132. The summed E-state index contributed by atoms with van der Waals surface area (Å²) in [5, 5.41) is 0. The lowest BCUT2D eigenvalue weighted by molar-refractivity contribution is 0.0745. The van der Waals surface area contributed by atoms with E-state index in [-0.39, 0.29) is 5.91 Å². The molecule has 0 atom stereocenters. The Balaban J connectivity index is 2.02. The summed E-state index contributed by atoms with van der Waals surface area (Å²) in [6.07, 6.45) is 0. The van der Waals surface area contributed by atoms with E-state index >= 15 is 0 Å². The highest BCUT2D eigenvalue weighted by Crippen LogP contribution is 2.13. The molecule has 1 heterocycles. The first-order chi connectivity index (χ1) is 9.60. The molecule has 0 fully saturated rings. The number of benzene rings is 1. The fourth-order valence-electron chi connectivity index (χ4n) is 1.94. The number of rotatable bonds is 5. The van der Waals surface area contributed by atoms with Crippen LogP contribution in [0.25, 0.3) is 0 Å². The van der Waals surface area contributed by atoms with Gasteiger partial charge in [0.15, 0.2) is 5.76 Å². The van der Waals surface area contributed by atoms with E-state index in [9.17, 15) is 4.79 Å². The number of nitrogens with zero attached hydrogens (tertiary/aromatic N) is 1. The van der Waals surface area contributed by atoms with Gasteiger partial charge in [0, 0.05) is 20.7 Å². The highest BCUT2D eigenvalue weighted by Gasteiger charge is 2.16. The fraction of sp³-hybridized carbons (Fsp3) is 0.312. The predicted octanol–water partition coefficient (Wildman–Crippen LogP) is 3.01. The van der Waals surface area contributed by atoms with E-state index in [0.717, 1.165) is 5.56 Å². The van der Waals surface area contributed by atoms with Crippen LogP contribution in [0.1, 0.15) is 27.4 Å². The van der Waals surface area contributed by atoms with Gasteiger partial charge in [0.05, 0.1) is 0 Å². The number of amides is 1. The number of methoxy groups -OCH3 is 1. The van der Waals surface area contributed by atoms with Crippen LogP contribution in [-0.4, -0.2) is 25.0 Å². The molecule has 4 nitrogen and oxygen atoms in total. The standard InChI is InChI=1S/C16H19NO3/c1-12-4-6-13(7-5-12)10-17(2)16(18)15-9-8-14(20-15)11-19-3/h4-9H,10-11H2,1-3H3. The van der Waals surface area contributed by atoms with Gasteiger partial charge in [-0.3, -0.25) is 4.79 Å². The maximum absolute atomic E-state index is 12.2. The predicted molar refractivity (Wildman–Crippen MR) is 76.4 cm³/mol. The summed E-state index contributed by atoms with van der Waals surface area (Å²) in [6.45, 7) is 2.97. The van der Waals surface area contributed by atoms with Crippen LogP contribution in [0.2, 0.25) is 0 Å². The molecule has 1 aromatic heterocycles. The summed E-state index contributed by atoms with van der Waals surface area (Å²) in [7, 11) is 3.36. The van der Waals surface area contributed by atoms with Crippen molar-refractivity contribution in [3.63, 3.8) is 0 Å². The summed E-state index contributed by atoms with van der Waals surface area (Å²) in [6, 6.07) is 11.6. The topological polar surface area (TPSA) is 42.7 Å². The van der Waals surface area contributed by atoms with Crippen LogP contribution in [0.5, 0.6) is 0 Å². The van der Waals surface area contributed by atoms with Gasteiger partial charge in [-0.1, -0.05) is 29.8 Å². The second kappa shape index (κ2) is 6.39. The van der Waals surface area contributed by atoms with Crippen molar-refractivity contribution in [3.8, 4) is 0 Å². The fourth-order valence-corrected chi connectivity index (χ4v) is 1.94. The van der Waals surface area contributed by atoms with E-state index in [1.807, 2.05) is 31.2 Å². The molecule has 0 aliphatic heterocycles. The third kappa shape index (κ3) is 3.48. The molecule has 106 valence electrons. The second-order valence-corrected chi connectivity index (χ2v) is 4.85. The zero-order chi connectivity index (χ0) is 14.5. The maximum atomic E-state index is 12.2. The monoisotopic (exact) mass is 273 g/mol. The van der Waals surface area contributed by atoms with Crippen LogP contribution in [0.15, 0.2) is 40.8 Å². The lowest BCUT2D eigenvalue weighted by Gasteiger charge is -2.15.